The zero-order valence-electron chi connectivity index (χ0n) is 15.2. The van der Waals surface area contributed by atoms with Crippen LogP contribution in [0.2, 0.25) is 0 Å². The van der Waals surface area contributed by atoms with Crippen molar-refractivity contribution in [2.24, 2.45) is 0 Å². The molecule has 4 rings (SSSR count). The van der Waals surface area contributed by atoms with Crippen LogP contribution in [0.5, 0.6) is 0 Å². The minimum absolute atomic E-state index is 0.367. The van der Waals surface area contributed by atoms with Crippen molar-refractivity contribution in [3.05, 3.63) is 53.7 Å². The van der Waals surface area contributed by atoms with Gasteiger partial charge in [-0.2, -0.15) is 13.2 Å². The molecule has 142 valence electrons. The molecule has 0 unspecified atom stereocenters. The van der Waals surface area contributed by atoms with Crippen molar-refractivity contribution in [3.8, 4) is 11.3 Å². The zero-order valence-corrected chi connectivity index (χ0v) is 15.2. The van der Waals surface area contributed by atoms with Crippen molar-refractivity contribution in [1.82, 2.24) is 9.38 Å². The summed E-state index contributed by atoms with van der Waals surface area (Å²) in [4.78, 5) is 4.72. The number of nitrogens with one attached hydrogen (secondary N) is 1. The first-order valence-electron chi connectivity index (χ1n) is 9.36. The van der Waals surface area contributed by atoms with E-state index < -0.39 is 11.7 Å². The number of hydrogen-bond donors (Lipinski definition) is 1. The van der Waals surface area contributed by atoms with Gasteiger partial charge in [0, 0.05) is 17.3 Å². The van der Waals surface area contributed by atoms with Gasteiger partial charge >= 0.3 is 6.18 Å². The van der Waals surface area contributed by atoms with E-state index in [4.69, 9.17) is 4.98 Å². The van der Waals surface area contributed by atoms with Crippen LogP contribution in [0.1, 0.15) is 43.4 Å². The Morgan fingerprint density at radius 1 is 1.00 bits per heavy atom. The SMILES string of the molecule is Cc1cccc2nc(-c3ccc(C(F)(F)F)cc3)c(NC3CCCCC3)n12. The smallest absolute Gasteiger partial charge is 0.367 e. The molecule has 1 N–H and O–H groups in total. The van der Waals surface area contributed by atoms with Gasteiger partial charge in [0.2, 0.25) is 0 Å². The molecule has 3 nitrogen and oxygen atoms in total. The quantitative estimate of drug-likeness (QED) is 0.603. The number of aryl methyl sites for hydroxylation is 1. The Hall–Kier alpha value is -2.50. The molecule has 27 heavy (non-hydrogen) atoms. The molecule has 1 fully saturated rings. The monoisotopic (exact) mass is 373 g/mol. The van der Waals surface area contributed by atoms with Gasteiger partial charge in [0.25, 0.3) is 0 Å². The number of rotatable bonds is 3. The van der Waals surface area contributed by atoms with Crippen LogP contribution in [-0.4, -0.2) is 15.4 Å². The molecule has 0 saturated heterocycles. The summed E-state index contributed by atoms with van der Waals surface area (Å²) in [6, 6.07) is 11.5. The minimum atomic E-state index is -4.34. The molecule has 1 aliphatic rings. The molecule has 0 spiro atoms. The highest BCUT2D eigenvalue weighted by Gasteiger charge is 2.30. The number of nitrogens with zero attached hydrogens (tertiary/aromatic N) is 2. The third-order valence-corrected chi connectivity index (χ3v) is 5.27. The molecule has 1 aromatic carbocycles. The van der Waals surface area contributed by atoms with Crippen LogP contribution in [0, 0.1) is 6.92 Å². The number of imidazole rings is 1. The molecule has 0 radical (unpaired) electrons. The Kier molecular flexibility index (Phi) is 4.58. The van der Waals surface area contributed by atoms with Gasteiger partial charge in [-0.05, 0) is 44.0 Å². The number of anilines is 1. The number of halogens is 3. The second-order valence-corrected chi connectivity index (χ2v) is 7.22. The van der Waals surface area contributed by atoms with E-state index >= 15 is 0 Å². The number of pyridine rings is 1. The molecule has 1 aliphatic carbocycles. The first-order chi connectivity index (χ1) is 12.9. The Morgan fingerprint density at radius 3 is 2.37 bits per heavy atom. The molecule has 0 amide bonds. The molecule has 3 aromatic rings. The lowest BCUT2D eigenvalue weighted by Crippen LogP contribution is -2.23. The Bertz CT molecular complexity index is 936. The molecule has 2 aromatic heterocycles. The summed E-state index contributed by atoms with van der Waals surface area (Å²) < 4.78 is 40.8. The number of hydrogen-bond acceptors (Lipinski definition) is 2. The number of benzene rings is 1. The molecule has 0 atom stereocenters. The number of fused-ring (bicyclic) bond motifs is 1. The van der Waals surface area contributed by atoms with E-state index in [0.29, 0.717) is 17.3 Å². The van der Waals surface area contributed by atoms with E-state index in [9.17, 15) is 13.2 Å². The number of alkyl halides is 3. The summed E-state index contributed by atoms with van der Waals surface area (Å²) in [6.07, 6.45) is 1.52. The van der Waals surface area contributed by atoms with Crippen LogP contribution in [0.4, 0.5) is 19.0 Å². The van der Waals surface area contributed by atoms with Gasteiger partial charge in [-0.15, -0.1) is 0 Å². The van der Waals surface area contributed by atoms with E-state index in [-0.39, 0.29) is 0 Å². The summed E-state index contributed by atoms with van der Waals surface area (Å²) in [7, 11) is 0. The minimum Gasteiger partial charge on any atom is -0.367 e. The second-order valence-electron chi connectivity index (χ2n) is 7.22. The van der Waals surface area contributed by atoms with Crippen LogP contribution in [0.25, 0.3) is 16.9 Å². The van der Waals surface area contributed by atoms with E-state index in [1.165, 1.54) is 31.4 Å². The van der Waals surface area contributed by atoms with Gasteiger partial charge in [0.05, 0.1) is 5.56 Å². The first-order valence-corrected chi connectivity index (χ1v) is 9.36. The fourth-order valence-corrected chi connectivity index (χ4v) is 3.85. The van der Waals surface area contributed by atoms with Crippen molar-refractivity contribution in [3.63, 3.8) is 0 Å². The first kappa shape index (κ1) is 17.9. The maximum atomic E-state index is 12.9. The molecule has 0 bridgehead atoms. The summed E-state index contributed by atoms with van der Waals surface area (Å²) in [5.74, 6) is 0.870. The Labute approximate surface area is 156 Å². The average Bonchev–Trinajstić information content (AvgIpc) is 3.02. The van der Waals surface area contributed by atoms with Crippen LogP contribution in [0.15, 0.2) is 42.5 Å². The highest BCUT2D eigenvalue weighted by atomic mass is 19.4. The lowest BCUT2D eigenvalue weighted by Gasteiger charge is -2.24. The summed E-state index contributed by atoms with van der Waals surface area (Å²) >= 11 is 0. The molecule has 1 saturated carbocycles. The van der Waals surface area contributed by atoms with Crippen molar-refractivity contribution >= 4 is 11.5 Å². The number of aromatic nitrogens is 2. The molecular formula is C21H22F3N3. The van der Waals surface area contributed by atoms with Gasteiger partial charge in [-0.3, -0.25) is 4.40 Å². The summed E-state index contributed by atoms with van der Waals surface area (Å²) in [5, 5.41) is 3.63. The largest absolute Gasteiger partial charge is 0.416 e. The Morgan fingerprint density at radius 2 is 1.70 bits per heavy atom. The Balaban J connectivity index is 1.79. The average molecular weight is 373 g/mol. The standard InChI is InChI=1S/C21H22F3N3/c1-14-6-5-9-18-26-19(15-10-12-16(13-11-15)21(22,23)24)20(27(14)18)25-17-7-3-2-4-8-17/h5-6,9-13,17,25H,2-4,7-8H2,1H3. The van der Waals surface area contributed by atoms with Gasteiger partial charge < -0.3 is 5.32 Å². The van der Waals surface area contributed by atoms with Crippen molar-refractivity contribution < 1.29 is 13.2 Å². The summed E-state index contributed by atoms with van der Waals surface area (Å²) in [5.41, 5.74) is 2.57. The molecule has 2 heterocycles. The van der Waals surface area contributed by atoms with E-state index in [0.717, 1.165) is 42.1 Å². The van der Waals surface area contributed by atoms with E-state index in [2.05, 4.69) is 9.72 Å². The van der Waals surface area contributed by atoms with Crippen LogP contribution in [-0.2, 0) is 6.18 Å². The lowest BCUT2D eigenvalue weighted by molar-refractivity contribution is -0.137. The maximum Gasteiger partial charge on any atom is 0.416 e. The van der Waals surface area contributed by atoms with Crippen LogP contribution in [0.3, 0.4) is 0 Å². The highest BCUT2D eigenvalue weighted by molar-refractivity contribution is 5.77. The van der Waals surface area contributed by atoms with Crippen molar-refractivity contribution in [1.29, 1.82) is 0 Å². The predicted octanol–water partition coefficient (Wildman–Crippen LogP) is 6.07. The highest BCUT2D eigenvalue weighted by Crippen LogP contribution is 2.35. The third kappa shape index (κ3) is 3.53. The third-order valence-electron chi connectivity index (χ3n) is 5.27. The van der Waals surface area contributed by atoms with E-state index in [1.54, 1.807) is 0 Å². The second kappa shape index (κ2) is 6.91. The predicted molar refractivity (Wildman–Crippen MR) is 101 cm³/mol. The summed E-state index contributed by atoms with van der Waals surface area (Å²) in [6.45, 7) is 2.01. The molecule has 0 aliphatic heterocycles. The molecular weight excluding hydrogens is 351 g/mol. The lowest BCUT2D eigenvalue weighted by atomic mass is 9.95. The fourth-order valence-electron chi connectivity index (χ4n) is 3.85. The normalized spacial score (nSPS) is 16.0. The zero-order chi connectivity index (χ0) is 19.0. The van der Waals surface area contributed by atoms with Crippen LogP contribution < -0.4 is 5.32 Å². The van der Waals surface area contributed by atoms with Crippen molar-refractivity contribution in [2.75, 3.05) is 5.32 Å². The molecule has 6 heteroatoms. The van der Waals surface area contributed by atoms with Crippen LogP contribution >= 0.6 is 0 Å². The van der Waals surface area contributed by atoms with Gasteiger partial charge in [0.15, 0.2) is 0 Å². The fraction of sp³-hybridized carbons (Fsp3) is 0.381. The maximum absolute atomic E-state index is 12.9. The van der Waals surface area contributed by atoms with Gasteiger partial charge in [0.1, 0.15) is 17.2 Å². The van der Waals surface area contributed by atoms with E-state index in [1.807, 2.05) is 25.1 Å². The van der Waals surface area contributed by atoms with Gasteiger partial charge in [-0.25, -0.2) is 4.98 Å². The topological polar surface area (TPSA) is 29.3 Å². The van der Waals surface area contributed by atoms with Gasteiger partial charge in [-0.1, -0.05) is 37.5 Å². The van der Waals surface area contributed by atoms with Crippen molar-refractivity contribution in [2.45, 2.75) is 51.2 Å².